The molecule has 25 heavy (non-hydrogen) atoms. The summed E-state index contributed by atoms with van der Waals surface area (Å²) in [5.41, 5.74) is 1.62. The number of anilines is 1. The van der Waals surface area contributed by atoms with Crippen molar-refractivity contribution in [2.75, 3.05) is 19.0 Å². The molecule has 1 amide bonds. The number of nitrogens with one attached hydrogen (secondary N) is 1. The Bertz CT molecular complexity index is 874. The standard InChI is InChI=1S/C18H19N5O2/c1-12-7-8-16(25-12)14-10-15(22-18(21-14)23(2)3)17(24)20-11-13-6-4-5-9-19-13/h4-10H,11H2,1-3H3,(H,20,24). The molecule has 0 aliphatic rings. The summed E-state index contributed by atoms with van der Waals surface area (Å²) in [5, 5.41) is 2.82. The minimum absolute atomic E-state index is 0.277. The summed E-state index contributed by atoms with van der Waals surface area (Å²) in [6, 6.07) is 10.9. The molecule has 0 bridgehead atoms. The third-order valence-electron chi connectivity index (χ3n) is 3.50. The van der Waals surface area contributed by atoms with Crippen LogP contribution < -0.4 is 10.2 Å². The number of amides is 1. The summed E-state index contributed by atoms with van der Waals surface area (Å²) in [6.07, 6.45) is 1.69. The van der Waals surface area contributed by atoms with E-state index in [2.05, 4.69) is 20.3 Å². The summed E-state index contributed by atoms with van der Waals surface area (Å²) in [5.74, 6) is 1.53. The average Bonchev–Trinajstić information content (AvgIpc) is 3.06. The Hall–Kier alpha value is -3.22. The van der Waals surface area contributed by atoms with Gasteiger partial charge in [0.15, 0.2) is 5.76 Å². The van der Waals surface area contributed by atoms with Crippen LogP contribution in [0.5, 0.6) is 0 Å². The number of nitrogens with zero attached hydrogens (tertiary/aromatic N) is 4. The Morgan fingerprint density at radius 3 is 2.68 bits per heavy atom. The van der Waals surface area contributed by atoms with E-state index < -0.39 is 0 Å². The number of rotatable bonds is 5. The van der Waals surface area contributed by atoms with Crippen molar-refractivity contribution in [2.45, 2.75) is 13.5 Å². The van der Waals surface area contributed by atoms with Crippen LogP contribution in [0.2, 0.25) is 0 Å². The molecule has 0 fully saturated rings. The van der Waals surface area contributed by atoms with Crippen LogP contribution in [0.25, 0.3) is 11.5 Å². The molecule has 3 aromatic heterocycles. The number of carbonyl (C=O) groups is 1. The molecule has 0 unspecified atom stereocenters. The molecule has 7 nitrogen and oxygen atoms in total. The largest absolute Gasteiger partial charge is 0.460 e. The van der Waals surface area contributed by atoms with Crippen molar-refractivity contribution < 1.29 is 9.21 Å². The van der Waals surface area contributed by atoms with Gasteiger partial charge in [-0.2, -0.15) is 0 Å². The van der Waals surface area contributed by atoms with Crippen LogP contribution in [0.3, 0.4) is 0 Å². The Morgan fingerprint density at radius 2 is 2.04 bits per heavy atom. The molecule has 3 heterocycles. The molecule has 0 atom stereocenters. The second-order valence-electron chi connectivity index (χ2n) is 5.75. The second kappa shape index (κ2) is 7.12. The monoisotopic (exact) mass is 337 g/mol. The van der Waals surface area contributed by atoms with Crippen LogP contribution in [0.15, 0.2) is 47.0 Å². The van der Waals surface area contributed by atoms with E-state index in [1.165, 1.54) is 0 Å². The van der Waals surface area contributed by atoms with E-state index in [-0.39, 0.29) is 11.6 Å². The first-order chi connectivity index (χ1) is 12.0. The molecule has 0 saturated carbocycles. The fourth-order valence-electron chi connectivity index (χ4n) is 2.21. The number of aromatic nitrogens is 3. The van der Waals surface area contributed by atoms with E-state index in [9.17, 15) is 4.79 Å². The third kappa shape index (κ3) is 4.00. The third-order valence-corrected chi connectivity index (χ3v) is 3.50. The molecule has 0 aliphatic carbocycles. The number of furan rings is 1. The van der Waals surface area contributed by atoms with Gasteiger partial charge in [-0.05, 0) is 37.3 Å². The van der Waals surface area contributed by atoms with Gasteiger partial charge in [-0.25, -0.2) is 9.97 Å². The lowest BCUT2D eigenvalue weighted by Gasteiger charge is -2.13. The van der Waals surface area contributed by atoms with Crippen LogP contribution in [0.1, 0.15) is 21.9 Å². The molecule has 0 radical (unpaired) electrons. The van der Waals surface area contributed by atoms with Gasteiger partial charge < -0.3 is 14.6 Å². The Balaban J connectivity index is 1.86. The number of pyridine rings is 1. The molecule has 0 aliphatic heterocycles. The van der Waals surface area contributed by atoms with Gasteiger partial charge in [-0.3, -0.25) is 9.78 Å². The zero-order chi connectivity index (χ0) is 17.8. The van der Waals surface area contributed by atoms with Gasteiger partial charge in [0.1, 0.15) is 17.1 Å². The summed E-state index contributed by atoms with van der Waals surface area (Å²) >= 11 is 0. The molecule has 0 saturated heterocycles. The van der Waals surface area contributed by atoms with E-state index in [0.29, 0.717) is 23.9 Å². The summed E-state index contributed by atoms with van der Waals surface area (Å²) in [6.45, 7) is 2.19. The molecule has 3 rings (SSSR count). The fourth-order valence-corrected chi connectivity index (χ4v) is 2.21. The summed E-state index contributed by atoms with van der Waals surface area (Å²) in [4.78, 5) is 27.2. The minimum atomic E-state index is -0.291. The lowest BCUT2D eigenvalue weighted by atomic mass is 10.2. The highest BCUT2D eigenvalue weighted by molar-refractivity contribution is 5.93. The summed E-state index contributed by atoms with van der Waals surface area (Å²) in [7, 11) is 3.64. The van der Waals surface area contributed by atoms with Gasteiger partial charge in [0.05, 0.1) is 12.2 Å². The predicted molar refractivity (Wildman–Crippen MR) is 94.2 cm³/mol. The number of hydrogen-bond acceptors (Lipinski definition) is 6. The average molecular weight is 337 g/mol. The molecule has 7 heteroatoms. The van der Waals surface area contributed by atoms with Crippen LogP contribution in [0, 0.1) is 6.92 Å². The lowest BCUT2D eigenvalue weighted by Crippen LogP contribution is -2.25. The molecule has 0 spiro atoms. The van der Waals surface area contributed by atoms with E-state index in [1.54, 1.807) is 17.2 Å². The molecule has 3 aromatic rings. The molecular formula is C18H19N5O2. The topological polar surface area (TPSA) is 84.2 Å². The maximum atomic E-state index is 12.5. The van der Waals surface area contributed by atoms with E-state index >= 15 is 0 Å². The van der Waals surface area contributed by atoms with Gasteiger partial charge in [0, 0.05) is 20.3 Å². The van der Waals surface area contributed by atoms with Crippen LogP contribution in [-0.4, -0.2) is 35.0 Å². The fraction of sp³-hybridized carbons (Fsp3) is 0.222. The smallest absolute Gasteiger partial charge is 0.270 e. The van der Waals surface area contributed by atoms with Crippen molar-refractivity contribution in [1.29, 1.82) is 0 Å². The molecular weight excluding hydrogens is 318 g/mol. The predicted octanol–water partition coefficient (Wildman–Crippen LogP) is 2.44. The number of aryl methyl sites for hydroxylation is 1. The minimum Gasteiger partial charge on any atom is -0.460 e. The zero-order valence-electron chi connectivity index (χ0n) is 14.4. The quantitative estimate of drug-likeness (QED) is 0.770. The number of hydrogen-bond donors (Lipinski definition) is 1. The summed E-state index contributed by atoms with van der Waals surface area (Å²) < 4.78 is 5.62. The van der Waals surface area contributed by atoms with Crippen molar-refractivity contribution in [1.82, 2.24) is 20.3 Å². The highest BCUT2D eigenvalue weighted by Crippen LogP contribution is 2.22. The van der Waals surface area contributed by atoms with Gasteiger partial charge in [-0.1, -0.05) is 6.07 Å². The van der Waals surface area contributed by atoms with Crippen molar-refractivity contribution >= 4 is 11.9 Å². The maximum absolute atomic E-state index is 12.5. The molecule has 0 aromatic carbocycles. The van der Waals surface area contributed by atoms with Crippen molar-refractivity contribution in [3.05, 3.63) is 59.7 Å². The van der Waals surface area contributed by atoms with Crippen LogP contribution >= 0.6 is 0 Å². The molecule has 1 N–H and O–H groups in total. The number of carbonyl (C=O) groups excluding carboxylic acids is 1. The first-order valence-corrected chi connectivity index (χ1v) is 7.84. The SMILES string of the molecule is Cc1ccc(-c2cc(C(=O)NCc3ccccn3)nc(N(C)C)n2)o1. The Morgan fingerprint density at radius 1 is 1.20 bits per heavy atom. The first kappa shape index (κ1) is 16.6. The Labute approximate surface area is 145 Å². The second-order valence-corrected chi connectivity index (χ2v) is 5.75. The van der Waals surface area contributed by atoms with E-state index in [0.717, 1.165) is 11.5 Å². The van der Waals surface area contributed by atoms with E-state index in [4.69, 9.17) is 4.42 Å². The molecule has 128 valence electrons. The van der Waals surface area contributed by atoms with Crippen molar-refractivity contribution in [3.63, 3.8) is 0 Å². The van der Waals surface area contributed by atoms with Crippen molar-refractivity contribution in [2.24, 2.45) is 0 Å². The van der Waals surface area contributed by atoms with Crippen LogP contribution in [0.4, 0.5) is 5.95 Å². The van der Waals surface area contributed by atoms with Gasteiger partial charge in [0.25, 0.3) is 5.91 Å². The zero-order valence-corrected chi connectivity index (χ0v) is 14.4. The lowest BCUT2D eigenvalue weighted by molar-refractivity contribution is 0.0945. The Kier molecular flexibility index (Phi) is 4.74. The normalized spacial score (nSPS) is 10.5. The van der Waals surface area contributed by atoms with Gasteiger partial charge in [-0.15, -0.1) is 0 Å². The van der Waals surface area contributed by atoms with E-state index in [1.807, 2.05) is 51.4 Å². The maximum Gasteiger partial charge on any atom is 0.270 e. The van der Waals surface area contributed by atoms with Crippen LogP contribution in [-0.2, 0) is 6.54 Å². The van der Waals surface area contributed by atoms with Gasteiger partial charge in [0.2, 0.25) is 5.95 Å². The van der Waals surface area contributed by atoms with Gasteiger partial charge >= 0.3 is 0 Å². The highest BCUT2D eigenvalue weighted by atomic mass is 16.3. The highest BCUT2D eigenvalue weighted by Gasteiger charge is 2.15. The van der Waals surface area contributed by atoms with Crippen molar-refractivity contribution in [3.8, 4) is 11.5 Å². The first-order valence-electron chi connectivity index (χ1n) is 7.84.